The minimum atomic E-state index is -0.336. The van der Waals surface area contributed by atoms with Crippen molar-refractivity contribution in [3.8, 4) is 0 Å². The van der Waals surface area contributed by atoms with E-state index in [1.807, 2.05) is 27.7 Å². The fourth-order valence-corrected chi connectivity index (χ4v) is 2.72. The summed E-state index contributed by atoms with van der Waals surface area (Å²) in [5.74, 6) is -0.438. The number of benzene rings is 2. The zero-order chi connectivity index (χ0) is 15.9. The number of ketones is 1. The van der Waals surface area contributed by atoms with Crippen LogP contribution >= 0.6 is 0 Å². The summed E-state index contributed by atoms with van der Waals surface area (Å²) in [4.78, 5) is 12.8. The predicted molar refractivity (Wildman–Crippen MR) is 84.7 cm³/mol. The number of hydrogen-bond acceptors (Lipinski definition) is 1. The molecule has 0 amide bonds. The lowest BCUT2D eigenvalue weighted by molar-refractivity contribution is 0.103. The molecule has 0 aromatic heterocycles. The van der Waals surface area contributed by atoms with Gasteiger partial charge in [0.2, 0.25) is 0 Å². The van der Waals surface area contributed by atoms with E-state index >= 15 is 0 Å². The molecule has 2 heteroatoms. The van der Waals surface area contributed by atoms with Gasteiger partial charge in [0.15, 0.2) is 5.78 Å². The zero-order valence-corrected chi connectivity index (χ0v) is 13.5. The molecule has 1 nitrogen and oxygen atoms in total. The molecule has 2 rings (SSSR count). The smallest absolute Gasteiger partial charge is 0.193 e. The van der Waals surface area contributed by atoms with Crippen LogP contribution < -0.4 is 0 Å². The van der Waals surface area contributed by atoms with Crippen LogP contribution in [0, 0.1) is 47.4 Å². The van der Waals surface area contributed by atoms with Crippen molar-refractivity contribution in [3.63, 3.8) is 0 Å². The zero-order valence-electron chi connectivity index (χ0n) is 13.5. The highest BCUT2D eigenvalue weighted by molar-refractivity contribution is 6.11. The SMILES string of the molecule is Cc1ccc(C(=O)c2c(C)c(C)c(C)c(C)c2C)cc1F. The van der Waals surface area contributed by atoms with Gasteiger partial charge in [-0.3, -0.25) is 4.79 Å². The Balaban J connectivity index is 2.66. The van der Waals surface area contributed by atoms with Gasteiger partial charge in [0.05, 0.1) is 0 Å². The summed E-state index contributed by atoms with van der Waals surface area (Å²) in [6.45, 7) is 11.8. The Morgan fingerprint density at radius 1 is 0.810 bits per heavy atom. The van der Waals surface area contributed by atoms with E-state index in [1.54, 1.807) is 19.1 Å². The van der Waals surface area contributed by atoms with E-state index in [0.717, 1.165) is 22.3 Å². The van der Waals surface area contributed by atoms with E-state index in [2.05, 4.69) is 6.92 Å². The van der Waals surface area contributed by atoms with Gasteiger partial charge in [0.1, 0.15) is 5.82 Å². The number of hydrogen-bond donors (Lipinski definition) is 0. The maximum absolute atomic E-state index is 13.7. The molecule has 0 unspecified atom stereocenters. The molecule has 0 atom stereocenters. The molecule has 2 aromatic carbocycles. The third-order valence-electron chi connectivity index (χ3n) is 4.66. The number of carbonyl (C=O) groups is 1. The van der Waals surface area contributed by atoms with Crippen molar-refractivity contribution < 1.29 is 9.18 Å². The number of rotatable bonds is 2. The Labute approximate surface area is 125 Å². The normalized spacial score (nSPS) is 10.8. The first-order valence-electron chi connectivity index (χ1n) is 7.13. The van der Waals surface area contributed by atoms with E-state index in [1.165, 1.54) is 11.6 Å². The molecule has 0 heterocycles. The Hall–Kier alpha value is -1.96. The summed E-state index contributed by atoms with van der Waals surface area (Å²) >= 11 is 0. The summed E-state index contributed by atoms with van der Waals surface area (Å²) in [5.41, 5.74) is 7.13. The van der Waals surface area contributed by atoms with Crippen molar-refractivity contribution in [2.24, 2.45) is 0 Å². The Morgan fingerprint density at radius 2 is 1.29 bits per heavy atom. The average molecular weight is 284 g/mol. The van der Waals surface area contributed by atoms with Crippen LogP contribution in [-0.4, -0.2) is 5.78 Å². The molecular weight excluding hydrogens is 263 g/mol. The Kier molecular flexibility index (Phi) is 3.99. The number of aryl methyl sites for hydroxylation is 1. The lowest BCUT2D eigenvalue weighted by atomic mass is 9.86. The first-order valence-corrected chi connectivity index (χ1v) is 7.13. The molecule has 0 aliphatic heterocycles. The van der Waals surface area contributed by atoms with Crippen molar-refractivity contribution in [1.82, 2.24) is 0 Å². The first kappa shape index (κ1) is 15.4. The van der Waals surface area contributed by atoms with Crippen molar-refractivity contribution >= 4 is 5.78 Å². The third kappa shape index (κ3) is 2.51. The van der Waals surface area contributed by atoms with Gasteiger partial charge in [-0.1, -0.05) is 12.1 Å². The summed E-state index contributed by atoms with van der Waals surface area (Å²) < 4.78 is 13.7. The molecule has 21 heavy (non-hydrogen) atoms. The van der Waals surface area contributed by atoms with Gasteiger partial charge in [-0.2, -0.15) is 0 Å². The molecule has 0 saturated heterocycles. The summed E-state index contributed by atoms with van der Waals surface area (Å²) in [5, 5.41) is 0. The van der Waals surface area contributed by atoms with Gasteiger partial charge in [-0.25, -0.2) is 4.39 Å². The second-order valence-corrected chi connectivity index (χ2v) is 5.79. The molecule has 0 saturated carbocycles. The van der Waals surface area contributed by atoms with Crippen LogP contribution in [-0.2, 0) is 0 Å². The summed E-state index contributed by atoms with van der Waals surface area (Å²) in [6, 6.07) is 4.69. The van der Waals surface area contributed by atoms with E-state index in [-0.39, 0.29) is 11.6 Å². The van der Waals surface area contributed by atoms with Gasteiger partial charge in [-0.15, -0.1) is 0 Å². The van der Waals surface area contributed by atoms with Crippen molar-refractivity contribution in [2.75, 3.05) is 0 Å². The quantitative estimate of drug-likeness (QED) is 0.716. The predicted octanol–water partition coefficient (Wildman–Crippen LogP) is 4.91. The average Bonchev–Trinajstić information content (AvgIpc) is 2.46. The lowest BCUT2D eigenvalue weighted by Crippen LogP contribution is -2.11. The monoisotopic (exact) mass is 284 g/mol. The molecule has 0 aliphatic carbocycles. The Bertz CT molecular complexity index is 713. The van der Waals surface area contributed by atoms with E-state index in [9.17, 15) is 9.18 Å². The highest BCUT2D eigenvalue weighted by Gasteiger charge is 2.20. The van der Waals surface area contributed by atoms with Gasteiger partial charge < -0.3 is 0 Å². The fraction of sp³-hybridized carbons (Fsp3) is 0.316. The van der Waals surface area contributed by atoms with Crippen LogP contribution in [0.3, 0.4) is 0 Å². The largest absolute Gasteiger partial charge is 0.289 e. The minimum Gasteiger partial charge on any atom is -0.289 e. The van der Waals surface area contributed by atoms with E-state index in [4.69, 9.17) is 0 Å². The fourth-order valence-electron chi connectivity index (χ4n) is 2.72. The molecule has 2 aromatic rings. The van der Waals surface area contributed by atoms with Gasteiger partial charge >= 0.3 is 0 Å². The van der Waals surface area contributed by atoms with Gasteiger partial charge in [0.25, 0.3) is 0 Å². The molecule has 0 aliphatic rings. The number of carbonyl (C=O) groups excluding carboxylic acids is 1. The van der Waals surface area contributed by atoms with Crippen LogP contribution in [0.1, 0.15) is 49.3 Å². The van der Waals surface area contributed by atoms with Gasteiger partial charge in [0, 0.05) is 11.1 Å². The van der Waals surface area contributed by atoms with Crippen LogP contribution in [0.5, 0.6) is 0 Å². The maximum atomic E-state index is 13.7. The number of halogens is 1. The summed E-state index contributed by atoms with van der Waals surface area (Å²) in [6.07, 6.45) is 0. The topological polar surface area (TPSA) is 17.1 Å². The highest BCUT2D eigenvalue weighted by atomic mass is 19.1. The molecular formula is C19H21FO. The molecule has 0 fully saturated rings. The Morgan fingerprint density at radius 3 is 1.76 bits per heavy atom. The van der Waals surface area contributed by atoms with Crippen molar-refractivity contribution in [3.05, 3.63) is 68.5 Å². The maximum Gasteiger partial charge on any atom is 0.193 e. The first-order chi connectivity index (χ1) is 9.75. The minimum absolute atomic E-state index is 0.102. The molecule has 0 bridgehead atoms. The third-order valence-corrected chi connectivity index (χ3v) is 4.66. The van der Waals surface area contributed by atoms with E-state index < -0.39 is 0 Å². The standard InChI is InChI=1S/C19H21FO/c1-10-7-8-16(9-17(10)20)19(21)18-14(5)12(3)11(2)13(4)15(18)6/h7-9H,1-6H3. The van der Waals surface area contributed by atoms with Crippen LogP contribution in [0.15, 0.2) is 18.2 Å². The van der Waals surface area contributed by atoms with Crippen molar-refractivity contribution in [2.45, 2.75) is 41.5 Å². The molecule has 0 N–H and O–H groups in total. The van der Waals surface area contributed by atoms with Crippen LogP contribution in [0.25, 0.3) is 0 Å². The van der Waals surface area contributed by atoms with Crippen LogP contribution in [0.2, 0.25) is 0 Å². The lowest BCUT2D eigenvalue weighted by Gasteiger charge is -2.18. The molecule has 0 spiro atoms. The molecule has 0 radical (unpaired) electrons. The second-order valence-electron chi connectivity index (χ2n) is 5.79. The molecule has 110 valence electrons. The van der Waals surface area contributed by atoms with Crippen LogP contribution in [0.4, 0.5) is 4.39 Å². The second kappa shape index (κ2) is 5.44. The van der Waals surface area contributed by atoms with E-state index in [0.29, 0.717) is 16.7 Å². The highest BCUT2D eigenvalue weighted by Crippen LogP contribution is 2.28. The van der Waals surface area contributed by atoms with Gasteiger partial charge in [-0.05, 0) is 81.0 Å². The van der Waals surface area contributed by atoms with Crippen molar-refractivity contribution in [1.29, 1.82) is 0 Å². The summed E-state index contributed by atoms with van der Waals surface area (Å²) in [7, 11) is 0.